The van der Waals surface area contributed by atoms with Gasteiger partial charge in [-0.1, -0.05) is 23.9 Å². The normalized spacial score (nSPS) is 14.9. The van der Waals surface area contributed by atoms with E-state index in [9.17, 15) is 9.59 Å². The molecule has 1 fully saturated rings. The fourth-order valence-electron chi connectivity index (χ4n) is 2.34. The van der Waals surface area contributed by atoms with Gasteiger partial charge in [-0.05, 0) is 35.9 Å². The molecule has 1 heterocycles. The third-order valence-electron chi connectivity index (χ3n) is 3.66. The van der Waals surface area contributed by atoms with Gasteiger partial charge in [-0.2, -0.15) is 5.10 Å². The molecular weight excluding hydrogens is 382 g/mol. The highest BCUT2D eigenvalue weighted by atomic mass is 32.2. The van der Waals surface area contributed by atoms with Crippen LogP contribution >= 0.6 is 11.8 Å². The van der Waals surface area contributed by atoms with E-state index in [0.29, 0.717) is 33.5 Å². The maximum absolute atomic E-state index is 12.5. The van der Waals surface area contributed by atoms with Crippen molar-refractivity contribution in [2.45, 2.75) is 0 Å². The van der Waals surface area contributed by atoms with Gasteiger partial charge in [-0.15, -0.1) is 5.10 Å². The number of nitrogens with one attached hydrogen (secondary N) is 1. The van der Waals surface area contributed by atoms with Crippen molar-refractivity contribution < 1.29 is 23.8 Å². The Kier molecular flexibility index (Phi) is 6.28. The molecule has 1 aliphatic rings. The summed E-state index contributed by atoms with van der Waals surface area (Å²) in [5, 5.41) is 10.9. The molecule has 0 atom stereocenters. The van der Waals surface area contributed by atoms with E-state index in [0.717, 1.165) is 0 Å². The standard InChI is InChI=1S/C19H17N3O5S/c1-25-14-6-4-3-5-13(14)18(24)27-15-8-7-12(9-16(15)26-2)10-20-22-19-21-17(23)11-28-19/h3-10H,11H2,1-2H3,(H,21,22,23). The molecule has 0 unspecified atom stereocenters. The molecule has 0 saturated carbocycles. The molecule has 1 saturated heterocycles. The monoisotopic (exact) mass is 399 g/mol. The van der Waals surface area contributed by atoms with Crippen LogP contribution in [0.15, 0.2) is 52.7 Å². The maximum atomic E-state index is 12.5. The fraction of sp³-hybridized carbons (Fsp3) is 0.158. The number of esters is 1. The SMILES string of the molecule is COc1cc(C=N/N=C2/NC(=O)CS2)ccc1OC(=O)c1ccccc1OC. The van der Waals surface area contributed by atoms with Crippen LogP contribution in [0.25, 0.3) is 0 Å². The molecule has 144 valence electrons. The van der Waals surface area contributed by atoms with E-state index in [1.54, 1.807) is 42.5 Å². The molecule has 2 aromatic rings. The molecule has 1 N–H and O–H groups in total. The van der Waals surface area contributed by atoms with Crippen molar-refractivity contribution in [1.29, 1.82) is 0 Å². The topological polar surface area (TPSA) is 98.6 Å². The molecule has 3 rings (SSSR count). The Labute approximate surface area is 165 Å². The quantitative estimate of drug-likeness (QED) is 0.347. The molecule has 2 aromatic carbocycles. The Balaban J connectivity index is 1.74. The van der Waals surface area contributed by atoms with Crippen LogP contribution in [-0.2, 0) is 4.79 Å². The molecule has 28 heavy (non-hydrogen) atoms. The van der Waals surface area contributed by atoms with Gasteiger partial charge in [0.15, 0.2) is 16.7 Å². The van der Waals surface area contributed by atoms with Gasteiger partial charge in [0.25, 0.3) is 0 Å². The second kappa shape index (κ2) is 9.05. The van der Waals surface area contributed by atoms with Crippen LogP contribution in [0.3, 0.4) is 0 Å². The van der Waals surface area contributed by atoms with E-state index in [1.165, 1.54) is 32.2 Å². The number of methoxy groups -OCH3 is 2. The van der Waals surface area contributed by atoms with Gasteiger partial charge in [0, 0.05) is 0 Å². The van der Waals surface area contributed by atoms with Crippen molar-refractivity contribution in [3.8, 4) is 17.2 Å². The number of nitrogens with zero attached hydrogens (tertiary/aromatic N) is 2. The molecule has 0 spiro atoms. The highest BCUT2D eigenvalue weighted by Crippen LogP contribution is 2.29. The summed E-state index contributed by atoms with van der Waals surface area (Å²) in [5.74, 6) is 0.739. The lowest BCUT2D eigenvalue weighted by atomic mass is 10.2. The summed E-state index contributed by atoms with van der Waals surface area (Å²) in [6.07, 6.45) is 1.51. The zero-order valence-electron chi connectivity index (χ0n) is 15.2. The molecular formula is C19H17N3O5S. The molecule has 8 nitrogen and oxygen atoms in total. The molecule has 1 aliphatic heterocycles. The first-order chi connectivity index (χ1) is 13.6. The Morgan fingerprint density at radius 3 is 2.61 bits per heavy atom. The number of hydrogen-bond donors (Lipinski definition) is 1. The summed E-state index contributed by atoms with van der Waals surface area (Å²) >= 11 is 1.29. The molecule has 9 heteroatoms. The van der Waals surface area contributed by atoms with Crippen LogP contribution in [0.5, 0.6) is 17.2 Å². The van der Waals surface area contributed by atoms with E-state index >= 15 is 0 Å². The van der Waals surface area contributed by atoms with Gasteiger partial charge >= 0.3 is 5.97 Å². The minimum Gasteiger partial charge on any atom is -0.496 e. The van der Waals surface area contributed by atoms with Gasteiger partial charge in [-0.3, -0.25) is 4.79 Å². The number of hydrogen-bond acceptors (Lipinski definition) is 8. The minimum atomic E-state index is -0.558. The number of ether oxygens (including phenoxy) is 3. The van der Waals surface area contributed by atoms with Crippen molar-refractivity contribution in [3.63, 3.8) is 0 Å². The molecule has 0 bridgehead atoms. The first kappa shape index (κ1) is 19.4. The lowest BCUT2D eigenvalue weighted by Gasteiger charge is -2.11. The van der Waals surface area contributed by atoms with Crippen LogP contribution in [0, 0.1) is 0 Å². The van der Waals surface area contributed by atoms with Gasteiger partial charge in [0.2, 0.25) is 5.91 Å². The number of carbonyl (C=O) groups is 2. The lowest BCUT2D eigenvalue weighted by molar-refractivity contribution is -0.116. The number of amides is 1. The van der Waals surface area contributed by atoms with E-state index < -0.39 is 5.97 Å². The van der Waals surface area contributed by atoms with Crippen molar-refractivity contribution >= 4 is 35.0 Å². The summed E-state index contributed by atoms with van der Waals surface area (Å²) in [6.45, 7) is 0. The van der Waals surface area contributed by atoms with E-state index in [4.69, 9.17) is 14.2 Å². The highest BCUT2D eigenvalue weighted by Gasteiger charge is 2.17. The Hall–Kier alpha value is -3.33. The van der Waals surface area contributed by atoms with Crippen LogP contribution in [0.2, 0.25) is 0 Å². The average molecular weight is 399 g/mol. The fourth-order valence-corrected chi connectivity index (χ4v) is 2.97. The summed E-state index contributed by atoms with van der Waals surface area (Å²) in [5.41, 5.74) is 0.997. The van der Waals surface area contributed by atoms with Crippen molar-refractivity contribution in [2.75, 3.05) is 20.0 Å². The van der Waals surface area contributed by atoms with E-state index in [1.807, 2.05) is 0 Å². The smallest absolute Gasteiger partial charge is 0.347 e. The average Bonchev–Trinajstić information content (AvgIpc) is 3.13. The van der Waals surface area contributed by atoms with Crippen LogP contribution in [-0.4, -0.2) is 43.2 Å². The summed E-state index contributed by atoms with van der Waals surface area (Å²) in [4.78, 5) is 23.6. The Morgan fingerprint density at radius 1 is 1.11 bits per heavy atom. The van der Waals surface area contributed by atoms with Gasteiger partial charge in [0.1, 0.15) is 11.3 Å². The van der Waals surface area contributed by atoms with Crippen LogP contribution in [0.4, 0.5) is 0 Å². The number of benzene rings is 2. The lowest BCUT2D eigenvalue weighted by Crippen LogP contribution is -2.19. The largest absolute Gasteiger partial charge is 0.496 e. The van der Waals surface area contributed by atoms with Crippen LogP contribution < -0.4 is 19.5 Å². The van der Waals surface area contributed by atoms with Gasteiger partial charge in [0.05, 0.1) is 26.2 Å². The number of rotatable bonds is 6. The zero-order valence-corrected chi connectivity index (χ0v) is 16.0. The second-order valence-corrected chi connectivity index (χ2v) is 6.45. The maximum Gasteiger partial charge on any atom is 0.347 e. The molecule has 0 aromatic heterocycles. The van der Waals surface area contributed by atoms with Crippen LogP contribution in [0.1, 0.15) is 15.9 Å². The molecule has 0 radical (unpaired) electrons. The third kappa shape index (κ3) is 4.68. The molecule has 0 aliphatic carbocycles. The first-order valence-electron chi connectivity index (χ1n) is 8.17. The summed E-state index contributed by atoms with van der Waals surface area (Å²) < 4.78 is 15.9. The molecule has 1 amide bonds. The number of para-hydroxylation sites is 1. The Morgan fingerprint density at radius 2 is 1.89 bits per heavy atom. The number of amidine groups is 1. The number of thioether (sulfide) groups is 1. The second-order valence-electron chi connectivity index (χ2n) is 5.49. The van der Waals surface area contributed by atoms with Crippen molar-refractivity contribution in [1.82, 2.24) is 5.32 Å². The van der Waals surface area contributed by atoms with E-state index in [2.05, 4.69) is 15.5 Å². The van der Waals surface area contributed by atoms with E-state index in [-0.39, 0.29) is 11.7 Å². The summed E-state index contributed by atoms with van der Waals surface area (Å²) in [7, 11) is 2.96. The third-order valence-corrected chi connectivity index (χ3v) is 4.52. The summed E-state index contributed by atoms with van der Waals surface area (Å²) in [6, 6.07) is 11.8. The van der Waals surface area contributed by atoms with Crippen molar-refractivity contribution in [3.05, 3.63) is 53.6 Å². The minimum absolute atomic E-state index is 0.0955. The number of carbonyl (C=O) groups excluding carboxylic acids is 2. The predicted octanol–water partition coefficient (Wildman–Crippen LogP) is 2.48. The first-order valence-corrected chi connectivity index (χ1v) is 9.16. The van der Waals surface area contributed by atoms with Gasteiger partial charge in [-0.25, -0.2) is 4.79 Å². The Bertz CT molecular complexity index is 958. The zero-order chi connectivity index (χ0) is 19.9. The van der Waals surface area contributed by atoms with Crippen molar-refractivity contribution in [2.24, 2.45) is 10.2 Å². The van der Waals surface area contributed by atoms with Gasteiger partial charge < -0.3 is 19.5 Å². The highest BCUT2D eigenvalue weighted by molar-refractivity contribution is 8.15. The predicted molar refractivity (Wildman–Crippen MR) is 107 cm³/mol.